The second kappa shape index (κ2) is 19.7. The number of amides is 1. The van der Waals surface area contributed by atoms with Crippen molar-refractivity contribution in [2.24, 2.45) is 11.7 Å². The first-order chi connectivity index (χ1) is 24.9. The summed E-state index contributed by atoms with van der Waals surface area (Å²) in [6, 6.07) is 11.8. The number of methoxy groups -OCH3 is 2. The normalized spacial score (nSPS) is 20.3. The Hall–Kier alpha value is -3.79. The zero-order valence-corrected chi connectivity index (χ0v) is 30.7. The Morgan fingerprint density at radius 1 is 0.804 bits per heavy atom. The predicted octanol–water partition coefficient (Wildman–Crippen LogP) is 7.24. The van der Waals surface area contributed by atoms with Crippen molar-refractivity contribution in [2.45, 2.75) is 133 Å². The lowest BCUT2D eigenvalue weighted by Crippen LogP contribution is -2.56. The molecule has 2 aliphatic carbocycles. The van der Waals surface area contributed by atoms with Gasteiger partial charge in [-0.25, -0.2) is 9.59 Å². The lowest BCUT2D eigenvalue weighted by Gasteiger charge is -2.38. The fourth-order valence-electron chi connectivity index (χ4n) is 7.88. The van der Waals surface area contributed by atoms with Crippen LogP contribution in [0.3, 0.4) is 0 Å². The second-order valence-corrected chi connectivity index (χ2v) is 14.4. The summed E-state index contributed by atoms with van der Waals surface area (Å²) in [4.78, 5) is 42.2. The number of carbonyl (C=O) groups is 3. The highest BCUT2D eigenvalue weighted by Gasteiger charge is 2.39. The molecule has 280 valence electrons. The summed E-state index contributed by atoms with van der Waals surface area (Å²) < 4.78 is 28.9. The van der Waals surface area contributed by atoms with Crippen molar-refractivity contribution in [1.82, 2.24) is 4.90 Å². The molecule has 1 aliphatic heterocycles. The van der Waals surface area contributed by atoms with E-state index in [4.69, 9.17) is 29.4 Å². The van der Waals surface area contributed by atoms with E-state index in [0.717, 1.165) is 75.3 Å². The van der Waals surface area contributed by atoms with Gasteiger partial charge in [0.1, 0.15) is 24.0 Å². The molecule has 2 aromatic rings. The van der Waals surface area contributed by atoms with Gasteiger partial charge in [0, 0.05) is 6.54 Å². The number of nitrogens with two attached hydrogens (primary N) is 1. The van der Waals surface area contributed by atoms with E-state index in [2.05, 4.69) is 0 Å². The molecule has 1 saturated heterocycles. The number of aryl methyl sites for hydroxylation is 1. The molecule has 10 heteroatoms. The van der Waals surface area contributed by atoms with Crippen molar-refractivity contribution in [1.29, 1.82) is 0 Å². The molecule has 3 fully saturated rings. The fourth-order valence-corrected chi connectivity index (χ4v) is 7.88. The van der Waals surface area contributed by atoms with Crippen LogP contribution in [0.2, 0.25) is 0 Å². The topological polar surface area (TPSA) is 127 Å². The first-order valence-corrected chi connectivity index (χ1v) is 19.3. The van der Waals surface area contributed by atoms with Gasteiger partial charge in [-0.1, -0.05) is 56.7 Å². The number of esters is 2. The van der Waals surface area contributed by atoms with Gasteiger partial charge < -0.3 is 34.3 Å². The Balaban J connectivity index is 1.29. The lowest BCUT2D eigenvalue weighted by atomic mass is 9.83. The third kappa shape index (κ3) is 11.1. The van der Waals surface area contributed by atoms with Crippen molar-refractivity contribution in [3.05, 3.63) is 53.6 Å². The maximum absolute atomic E-state index is 14.0. The molecule has 1 amide bonds. The number of hydrogen-bond donors (Lipinski definition) is 1. The molecule has 0 aromatic heterocycles. The maximum atomic E-state index is 14.0. The van der Waals surface area contributed by atoms with Crippen LogP contribution in [0, 0.1) is 5.92 Å². The van der Waals surface area contributed by atoms with Crippen LogP contribution in [0.5, 0.6) is 17.2 Å². The van der Waals surface area contributed by atoms with Crippen LogP contribution in [-0.4, -0.2) is 68.3 Å². The van der Waals surface area contributed by atoms with Crippen LogP contribution in [-0.2, 0) is 30.3 Å². The largest absolute Gasteiger partial charge is 0.493 e. The molecule has 5 rings (SSSR count). The molecular weight excluding hydrogens is 648 g/mol. The molecule has 0 bridgehead atoms. The Bertz CT molecular complexity index is 1420. The van der Waals surface area contributed by atoms with Gasteiger partial charge in [-0.2, -0.15) is 0 Å². The van der Waals surface area contributed by atoms with Gasteiger partial charge in [-0.15, -0.1) is 0 Å². The molecule has 0 spiro atoms. The number of nitrogens with zero attached hydrogens (tertiary/aromatic N) is 1. The highest BCUT2D eigenvalue weighted by Crippen LogP contribution is 2.33. The Morgan fingerprint density at radius 3 is 2.24 bits per heavy atom. The summed E-state index contributed by atoms with van der Waals surface area (Å²) >= 11 is 0. The van der Waals surface area contributed by atoms with Gasteiger partial charge in [0.05, 0.1) is 20.3 Å². The molecule has 3 atom stereocenters. The number of rotatable bonds is 14. The van der Waals surface area contributed by atoms with E-state index in [0.29, 0.717) is 43.1 Å². The average molecular weight is 707 g/mol. The molecule has 0 radical (unpaired) electrons. The van der Waals surface area contributed by atoms with Gasteiger partial charge in [0.2, 0.25) is 5.91 Å². The summed E-state index contributed by atoms with van der Waals surface area (Å²) in [5.41, 5.74) is 8.29. The Kier molecular flexibility index (Phi) is 14.9. The van der Waals surface area contributed by atoms with E-state index in [1.807, 2.05) is 36.4 Å². The van der Waals surface area contributed by atoms with Gasteiger partial charge in [0.15, 0.2) is 18.1 Å². The first-order valence-electron chi connectivity index (χ1n) is 19.3. The van der Waals surface area contributed by atoms with Crippen molar-refractivity contribution >= 4 is 17.8 Å². The van der Waals surface area contributed by atoms with Crippen molar-refractivity contribution in [3.8, 4) is 17.2 Å². The molecule has 2 unspecified atom stereocenters. The minimum atomic E-state index is -0.688. The zero-order chi connectivity index (χ0) is 36.0. The first kappa shape index (κ1) is 38.4. The average Bonchev–Trinajstić information content (AvgIpc) is 3.16. The molecule has 3 aliphatic rings. The molecule has 1 heterocycles. The summed E-state index contributed by atoms with van der Waals surface area (Å²) in [7, 11) is 3.20. The quantitative estimate of drug-likeness (QED) is 0.202. The molecule has 2 N–H and O–H groups in total. The SMILES string of the molecule is COc1ccc(CCC(OC(=O)[C@@H]2CCCCN2C(=O)C(N)C2CCCCC2)c2cccc(OCC(=O)OC3CCCCCCC3)c2)cc1OC. The van der Waals surface area contributed by atoms with Crippen LogP contribution in [0.1, 0.15) is 120 Å². The number of carbonyl (C=O) groups excluding carboxylic acids is 3. The van der Waals surface area contributed by atoms with Crippen LogP contribution >= 0.6 is 0 Å². The molecular formula is C41H58N2O8. The molecule has 51 heavy (non-hydrogen) atoms. The maximum Gasteiger partial charge on any atom is 0.344 e. The van der Waals surface area contributed by atoms with Crippen LogP contribution in [0.15, 0.2) is 42.5 Å². The van der Waals surface area contributed by atoms with E-state index < -0.39 is 24.2 Å². The highest BCUT2D eigenvalue weighted by atomic mass is 16.6. The number of ether oxygens (including phenoxy) is 5. The third-order valence-electron chi connectivity index (χ3n) is 10.8. The van der Waals surface area contributed by atoms with Crippen molar-refractivity contribution in [2.75, 3.05) is 27.4 Å². The minimum Gasteiger partial charge on any atom is -0.493 e. The molecule has 10 nitrogen and oxygen atoms in total. The van der Waals surface area contributed by atoms with Crippen LogP contribution in [0.4, 0.5) is 0 Å². The summed E-state index contributed by atoms with van der Waals surface area (Å²) in [6.07, 6.45) is 15.3. The lowest BCUT2D eigenvalue weighted by molar-refractivity contribution is -0.163. The van der Waals surface area contributed by atoms with Gasteiger partial charge in [-0.3, -0.25) is 4.79 Å². The Labute approximate surface area is 303 Å². The van der Waals surface area contributed by atoms with E-state index >= 15 is 0 Å². The van der Waals surface area contributed by atoms with E-state index in [1.165, 1.54) is 25.7 Å². The van der Waals surface area contributed by atoms with E-state index in [1.54, 1.807) is 25.2 Å². The smallest absolute Gasteiger partial charge is 0.344 e. The monoisotopic (exact) mass is 706 g/mol. The zero-order valence-electron chi connectivity index (χ0n) is 30.7. The number of likely N-dealkylation sites (tertiary alicyclic amines) is 1. The standard InChI is InChI=1S/C41H58N2O8/c1-47-36-24-22-29(26-37(36)48-2)21-23-35(31-16-13-19-33(27-31)49-28-38(44)50-32-17-9-4-3-5-10-18-32)51-41(46)34-20-11-12-25-43(34)40(45)39(42)30-14-7-6-8-15-30/h13,16,19,22,24,26-27,30,32,34-35,39H,3-12,14-15,17-18,20-21,23,25,28,42H2,1-2H3/t34-,35?,39?/m0/s1. The summed E-state index contributed by atoms with van der Waals surface area (Å²) in [6.45, 7) is 0.298. The van der Waals surface area contributed by atoms with Gasteiger partial charge in [-0.05, 0) is 112 Å². The van der Waals surface area contributed by atoms with Crippen LogP contribution < -0.4 is 19.9 Å². The second-order valence-electron chi connectivity index (χ2n) is 14.4. The Morgan fingerprint density at radius 2 is 1.49 bits per heavy atom. The molecule has 2 saturated carbocycles. The fraction of sp³-hybridized carbons (Fsp3) is 0.634. The van der Waals surface area contributed by atoms with E-state index in [-0.39, 0.29) is 30.5 Å². The highest BCUT2D eigenvalue weighted by molar-refractivity contribution is 5.88. The summed E-state index contributed by atoms with van der Waals surface area (Å²) in [5, 5.41) is 0. The number of hydrogen-bond acceptors (Lipinski definition) is 9. The predicted molar refractivity (Wildman–Crippen MR) is 195 cm³/mol. The number of benzene rings is 2. The third-order valence-corrected chi connectivity index (χ3v) is 10.8. The number of piperidine rings is 1. The molecule has 2 aromatic carbocycles. The summed E-state index contributed by atoms with van der Waals surface area (Å²) in [5.74, 6) is 0.942. The van der Waals surface area contributed by atoms with E-state index in [9.17, 15) is 14.4 Å². The van der Waals surface area contributed by atoms with Gasteiger partial charge in [0.25, 0.3) is 0 Å². The van der Waals surface area contributed by atoms with Crippen molar-refractivity contribution < 1.29 is 38.1 Å². The van der Waals surface area contributed by atoms with Crippen molar-refractivity contribution in [3.63, 3.8) is 0 Å². The minimum absolute atomic E-state index is 0.0587. The van der Waals surface area contributed by atoms with Gasteiger partial charge >= 0.3 is 11.9 Å². The van der Waals surface area contributed by atoms with Crippen LogP contribution in [0.25, 0.3) is 0 Å².